The van der Waals surface area contributed by atoms with E-state index < -0.39 is 9.84 Å². The van der Waals surface area contributed by atoms with E-state index in [9.17, 15) is 8.42 Å². The Hall–Kier alpha value is -1.99. The van der Waals surface area contributed by atoms with Crippen LogP contribution in [0.2, 0.25) is 0 Å². The van der Waals surface area contributed by atoms with Gasteiger partial charge in [-0.2, -0.15) is 4.98 Å². The summed E-state index contributed by atoms with van der Waals surface area (Å²) in [6, 6.07) is 12.8. The molecule has 0 saturated carbocycles. The molecule has 0 radical (unpaired) electrons. The summed E-state index contributed by atoms with van der Waals surface area (Å²) in [4.78, 5) is 4.96. The van der Waals surface area contributed by atoms with Gasteiger partial charge < -0.3 is 4.52 Å². The molecule has 2 heterocycles. The lowest BCUT2D eigenvalue weighted by molar-refractivity contribution is 0.425. The van der Waals surface area contributed by atoms with Crippen LogP contribution in [0, 0.1) is 0 Å². The molecule has 0 aliphatic carbocycles. The minimum absolute atomic E-state index is 0.0310. The van der Waals surface area contributed by atoms with E-state index in [-0.39, 0.29) is 17.3 Å². The lowest BCUT2D eigenvalue weighted by atomic mass is 10.2. The molecule has 5 nitrogen and oxygen atoms in total. The number of hydrogen-bond acceptors (Lipinski definition) is 6. The van der Waals surface area contributed by atoms with Crippen LogP contribution < -0.4 is 0 Å². The Morgan fingerprint density at radius 2 is 1.86 bits per heavy atom. The molecule has 0 N–H and O–H groups in total. The first-order chi connectivity index (χ1) is 10.1. The molecule has 0 unspecified atom stereocenters. The van der Waals surface area contributed by atoms with E-state index in [1.165, 1.54) is 11.3 Å². The smallest absolute Gasteiger partial charge is 0.268 e. The zero-order valence-electron chi connectivity index (χ0n) is 11.0. The van der Waals surface area contributed by atoms with Crippen molar-refractivity contribution >= 4 is 21.2 Å². The zero-order valence-corrected chi connectivity index (χ0v) is 12.6. The maximum Gasteiger partial charge on any atom is 0.268 e. The summed E-state index contributed by atoms with van der Waals surface area (Å²) in [5.74, 6) is 0.289. The summed E-state index contributed by atoms with van der Waals surface area (Å²) in [6.07, 6.45) is 0. The van der Waals surface area contributed by atoms with Gasteiger partial charge in [0.25, 0.3) is 5.89 Å². The lowest BCUT2D eigenvalue weighted by Crippen LogP contribution is -2.08. The number of aromatic nitrogens is 2. The van der Waals surface area contributed by atoms with E-state index in [1.54, 1.807) is 12.1 Å². The molecule has 7 heteroatoms. The molecular formula is C14H12N2O3S2. The Morgan fingerprint density at radius 1 is 1.05 bits per heavy atom. The third-order valence-corrected chi connectivity index (χ3v) is 5.11. The Kier molecular flexibility index (Phi) is 3.85. The summed E-state index contributed by atoms with van der Waals surface area (Å²) < 4.78 is 29.4. The predicted molar refractivity (Wildman–Crippen MR) is 80.4 cm³/mol. The number of nitrogens with zero attached hydrogens (tertiary/aromatic N) is 2. The van der Waals surface area contributed by atoms with Gasteiger partial charge in [0.1, 0.15) is 5.75 Å². The zero-order chi connectivity index (χ0) is 14.7. The fourth-order valence-electron chi connectivity index (χ4n) is 1.89. The highest BCUT2D eigenvalue weighted by molar-refractivity contribution is 7.89. The van der Waals surface area contributed by atoms with Gasteiger partial charge in [-0.15, -0.1) is 11.3 Å². The molecule has 3 aromatic rings. The number of thiophene rings is 1. The fourth-order valence-corrected chi connectivity index (χ4v) is 3.85. The van der Waals surface area contributed by atoms with Crippen LogP contribution >= 0.6 is 11.3 Å². The number of hydrogen-bond donors (Lipinski definition) is 0. The molecule has 0 bridgehead atoms. The van der Waals surface area contributed by atoms with Gasteiger partial charge in [-0.1, -0.05) is 41.6 Å². The molecule has 0 fully saturated rings. The standard InChI is InChI=1S/C14H12N2O3S2/c17-21(18,9-11-5-2-1-3-6-11)10-13-15-14(19-16-13)12-7-4-8-20-12/h1-8H,9-10H2. The van der Waals surface area contributed by atoms with Crippen LogP contribution in [0.3, 0.4) is 0 Å². The van der Waals surface area contributed by atoms with E-state index in [2.05, 4.69) is 10.1 Å². The van der Waals surface area contributed by atoms with E-state index in [1.807, 2.05) is 35.7 Å². The van der Waals surface area contributed by atoms with Crippen LogP contribution in [-0.4, -0.2) is 18.6 Å². The van der Waals surface area contributed by atoms with Crippen LogP contribution in [0.25, 0.3) is 10.8 Å². The summed E-state index contributed by atoms with van der Waals surface area (Å²) in [7, 11) is -3.32. The molecule has 0 aliphatic rings. The highest BCUT2D eigenvalue weighted by atomic mass is 32.2. The molecule has 0 saturated heterocycles. The van der Waals surface area contributed by atoms with Gasteiger partial charge in [0.05, 0.1) is 10.6 Å². The van der Waals surface area contributed by atoms with Crippen LogP contribution in [-0.2, 0) is 21.3 Å². The quantitative estimate of drug-likeness (QED) is 0.722. The fraction of sp³-hybridized carbons (Fsp3) is 0.143. The molecular weight excluding hydrogens is 308 g/mol. The Labute approximate surface area is 126 Å². The van der Waals surface area contributed by atoms with Crippen LogP contribution in [0.15, 0.2) is 52.4 Å². The van der Waals surface area contributed by atoms with Gasteiger partial charge in [0.15, 0.2) is 15.7 Å². The first kappa shape index (κ1) is 14.0. The topological polar surface area (TPSA) is 73.1 Å². The predicted octanol–water partition coefficient (Wildman–Crippen LogP) is 2.91. The Morgan fingerprint density at radius 3 is 2.57 bits per heavy atom. The normalized spacial score (nSPS) is 11.6. The summed E-state index contributed by atoms with van der Waals surface area (Å²) in [6.45, 7) is 0. The molecule has 108 valence electrons. The van der Waals surface area contributed by atoms with E-state index >= 15 is 0 Å². The van der Waals surface area contributed by atoms with Crippen molar-refractivity contribution in [2.75, 3.05) is 0 Å². The third kappa shape index (κ3) is 3.56. The SMILES string of the molecule is O=S(=O)(Cc1ccccc1)Cc1noc(-c2cccs2)n1. The van der Waals surface area contributed by atoms with Gasteiger partial charge in [0, 0.05) is 0 Å². The van der Waals surface area contributed by atoms with Gasteiger partial charge >= 0.3 is 0 Å². The van der Waals surface area contributed by atoms with Gasteiger partial charge in [-0.25, -0.2) is 8.42 Å². The van der Waals surface area contributed by atoms with Crippen molar-refractivity contribution < 1.29 is 12.9 Å². The number of rotatable bonds is 5. The van der Waals surface area contributed by atoms with Crippen molar-refractivity contribution in [1.29, 1.82) is 0 Å². The highest BCUT2D eigenvalue weighted by Gasteiger charge is 2.18. The Balaban J connectivity index is 1.74. The molecule has 1 aromatic carbocycles. The minimum Gasteiger partial charge on any atom is -0.333 e. The molecule has 3 rings (SSSR count). The maximum absolute atomic E-state index is 12.1. The van der Waals surface area contributed by atoms with E-state index in [0.717, 1.165) is 10.4 Å². The molecule has 0 aliphatic heterocycles. The van der Waals surface area contributed by atoms with Gasteiger partial charge in [-0.3, -0.25) is 0 Å². The first-order valence-electron chi connectivity index (χ1n) is 6.23. The molecule has 2 aromatic heterocycles. The second-order valence-electron chi connectivity index (χ2n) is 4.51. The minimum atomic E-state index is -3.32. The van der Waals surface area contributed by atoms with Crippen molar-refractivity contribution in [2.45, 2.75) is 11.5 Å². The van der Waals surface area contributed by atoms with Crippen LogP contribution in [0.4, 0.5) is 0 Å². The molecule has 0 spiro atoms. The lowest BCUT2D eigenvalue weighted by Gasteiger charge is -2.01. The van der Waals surface area contributed by atoms with Crippen molar-refractivity contribution in [3.05, 3.63) is 59.2 Å². The van der Waals surface area contributed by atoms with Crippen LogP contribution in [0.1, 0.15) is 11.4 Å². The van der Waals surface area contributed by atoms with Gasteiger partial charge in [0.2, 0.25) is 0 Å². The largest absolute Gasteiger partial charge is 0.333 e. The third-order valence-electron chi connectivity index (χ3n) is 2.78. The monoisotopic (exact) mass is 320 g/mol. The summed E-state index contributed by atoms with van der Waals surface area (Å²) >= 11 is 1.46. The van der Waals surface area contributed by atoms with Crippen molar-refractivity contribution in [2.24, 2.45) is 0 Å². The second-order valence-corrected chi connectivity index (χ2v) is 7.52. The maximum atomic E-state index is 12.1. The molecule has 0 amide bonds. The average molecular weight is 320 g/mol. The van der Waals surface area contributed by atoms with Crippen molar-refractivity contribution in [1.82, 2.24) is 10.1 Å². The average Bonchev–Trinajstić information content (AvgIpc) is 3.09. The van der Waals surface area contributed by atoms with Gasteiger partial charge in [-0.05, 0) is 17.0 Å². The van der Waals surface area contributed by atoms with E-state index in [0.29, 0.717) is 5.89 Å². The van der Waals surface area contributed by atoms with Crippen molar-refractivity contribution in [3.8, 4) is 10.8 Å². The van der Waals surface area contributed by atoms with E-state index in [4.69, 9.17) is 4.52 Å². The van der Waals surface area contributed by atoms with Crippen LogP contribution in [0.5, 0.6) is 0 Å². The first-order valence-corrected chi connectivity index (χ1v) is 8.93. The summed E-state index contributed by atoms with van der Waals surface area (Å²) in [5.41, 5.74) is 0.750. The van der Waals surface area contributed by atoms with Crippen molar-refractivity contribution in [3.63, 3.8) is 0 Å². The number of benzene rings is 1. The number of sulfone groups is 1. The Bertz CT molecular complexity index is 809. The highest BCUT2D eigenvalue weighted by Crippen LogP contribution is 2.23. The molecule has 0 atom stereocenters. The summed E-state index contributed by atoms with van der Waals surface area (Å²) in [5, 5.41) is 5.63. The molecule has 21 heavy (non-hydrogen) atoms. The second kappa shape index (κ2) is 5.79.